The maximum absolute atomic E-state index is 12.0. The Morgan fingerprint density at radius 2 is 1.96 bits per heavy atom. The van der Waals surface area contributed by atoms with Gasteiger partial charge in [-0.25, -0.2) is 4.79 Å². The second kappa shape index (κ2) is 8.98. The zero-order valence-electron chi connectivity index (χ0n) is 13.6. The molecule has 0 saturated carbocycles. The van der Waals surface area contributed by atoms with E-state index >= 15 is 0 Å². The highest BCUT2D eigenvalue weighted by atomic mass is 16.2. The van der Waals surface area contributed by atoms with Crippen molar-refractivity contribution in [1.29, 1.82) is 0 Å². The van der Waals surface area contributed by atoms with Crippen LogP contribution in [0.25, 0.3) is 0 Å². The van der Waals surface area contributed by atoms with Gasteiger partial charge in [-0.15, -0.1) is 0 Å². The summed E-state index contributed by atoms with van der Waals surface area (Å²) < 4.78 is 0. The lowest BCUT2D eigenvalue weighted by molar-refractivity contribution is -0.122. The standard InChI is InChI=1S/C18H25N3O2/c1-14(20-18(23)21-16-10-6-3-7-11-16)17(22)19-13-12-15-8-4-2-5-9-15/h3,6-8,10-11,14H,2,4-5,9,12-13H2,1H3,(H,19,22)(H2,20,21,23). The molecule has 0 spiro atoms. The summed E-state index contributed by atoms with van der Waals surface area (Å²) in [6, 6.07) is 8.19. The van der Waals surface area contributed by atoms with E-state index < -0.39 is 6.04 Å². The van der Waals surface area contributed by atoms with Gasteiger partial charge in [-0.05, 0) is 51.2 Å². The van der Waals surface area contributed by atoms with Crippen LogP contribution in [0.2, 0.25) is 0 Å². The molecule has 0 saturated heterocycles. The molecule has 124 valence electrons. The summed E-state index contributed by atoms with van der Waals surface area (Å²) in [6.07, 6.45) is 7.99. The van der Waals surface area contributed by atoms with Crippen molar-refractivity contribution in [2.24, 2.45) is 0 Å². The SMILES string of the molecule is CC(NC(=O)Nc1ccccc1)C(=O)NCCC1=CCCCC1. The third kappa shape index (κ3) is 6.14. The van der Waals surface area contributed by atoms with E-state index in [1.165, 1.54) is 18.4 Å². The van der Waals surface area contributed by atoms with Gasteiger partial charge in [0.05, 0.1) is 0 Å². The summed E-state index contributed by atoms with van der Waals surface area (Å²) in [5.41, 5.74) is 2.13. The summed E-state index contributed by atoms with van der Waals surface area (Å²) in [4.78, 5) is 23.8. The Morgan fingerprint density at radius 3 is 2.65 bits per heavy atom. The normalized spacial score (nSPS) is 15.3. The molecular formula is C18H25N3O2. The summed E-state index contributed by atoms with van der Waals surface area (Å²) in [5.74, 6) is -0.162. The Balaban J connectivity index is 1.67. The van der Waals surface area contributed by atoms with E-state index in [2.05, 4.69) is 22.0 Å². The highest BCUT2D eigenvalue weighted by Crippen LogP contribution is 2.19. The van der Waals surface area contributed by atoms with Crippen LogP contribution < -0.4 is 16.0 Å². The van der Waals surface area contributed by atoms with Crippen molar-refractivity contribution in [3.05, 3.63) is 42.0 Å². The molecule has 1 aromatic rings. The van der Waals surface area contributed by atoms with E-state index in [9.17, 15) is 9.59 Å². The van der Waals surface area contributed by atoms with Crippen LogP contribution in [0.5, 0.6) is 0 Å². The van der Waals surface area contributed by atoms with Gasteiger partial charge >= 0.3 is 6.03 Å². The fraction of sp³-hybridized carbons (Fsp3) is 0.444. The number of rotatable bonds is 6. The monoisotopic (exact) mass is 315 g/mol. The molecule has 5 heteroatoms. The molecule has 3 amide bonds. The summed E-state index contributed by atoms with van der Waals surface area (Å²) >= 11 is 0. The third-order valence-corrected chi connectivity index (χ3v) is 3.90. The molecule has 0 heterocycles. The van der Waals surface area contributed by atoms with Gasteiger partial charge in [0.25, 0.3) is 0 Å². The molecule has 0 bridgehead atoms. The zero-order chi connectivity index (χ0) is 16.5. The number of anilines is 1. The second-order valence-electron chi connectivity index (χ2n) is 5.84. The van der Waals surface area contributed by atoms with Gasteiger partial charge in [-0.3, -0.25) is 4.79 Å². The molecule has 1 aliphatic rings. The molecular weight excluding hydrogens is 290 g/mol. The van der Waals surface area contributed by atoms with Gasteiger partial charge in [0, 0.05) is 12.2 Å². The first-order valence-electron chi connectivity index (χ1n) is 8.23. The van der Waals surface area contributed by atoms with Crippen LogP contribution in [0.4, 0.5) is 10.5 Å². The molecule has 0 fully saturated rings. The fourth-order valence-electron chi connectivity index (χ4n) is 2.58. The smallest absolute Gasteiger partial charge is 0.319 e. The maximum Gasteiger partial charge on any atom is 0.319 e. The summed E-state index contributed by atoms with van der Waals surface area (Å²) in [6.45, 7) is 2.30. The number of carbonyl (C=O) groups excluding carboxylic acids is 2. The highest BCUT2D eigenvalue weighted by molar-refractivity contribution is 5.93. The number of amides is 3. The van der Waals surface area contributed by atoms with Crippen LogP contribution >= 0.6 is 0 Å². The molecule has 0 radical (unpaired) electrons. The van der Waals surface area contributed by atoms with Gasteiger partial charge in [0.15, 0.2) is 0 Å². The third-order valence-electron chi connectivity index (χ3n) is 3.90. The predicted octanol–water partition coefficient (Wildman–Crippen LogP) is 3.20. The van der Waals surface area contributed by atoms with E-state index in [4.69, 9.17) is 0 Å². The second-order valence-corrected chi connectivity index (χ2v) is 5.84. The molecule has 1 atom stereocenters. The van der Waals surface area contributed by atoms with Gasteiger partial charge < -0.3 is 16.0 Å². The Labute approximate surface area is 137 Å². The fourth-order valence-corrected chi connectivity index (χ4v) is 2.58. The van der Waals surface area contributed by atoms with Gasteiger partial charge in [0.2, 0.25) is 5.91 Å². The van der Waals surface area contributed by atoms with E-state index in [1.807, 2.05) is 18.2 Å². The summed E-state index contributed by atoms with van der Waals surface area (Å²) in [5, 5.41) is 8.21. The molecule has 0 aliphatic heterocycles. The quantitative estimate of drug-likeness (QED) is 0.706. The van der Waals surface area contributed by atoms with Gasteiger partial charge in [-0.1, -0.05) is 29.8 Å². The topological polar surface area (TPSA) is 70.2 Å². The molecule has 3 N–H and O–H groups in total. The van der Waals surface area contributed by atoms with E-state index in [0.717, 1.165) is 19.3 Å². The average Bonchev–Trinajstić information content (AvgIpc) is 2.56. The van der Waals surface area contributed by atoms with Crippen LogP contribution in [0.3, 0.4) is 0 Å². The Bertz CT molecular complexity index is 555. The lowest BCUT2D eigenvalue weighted by atomic mass is 9.97. The minimum absolute atomic E-state index is 0.162. The number of allylic oxidation sites excluding steroid dienone is 1. The number of para-hydroxylation sites is 1. The molecule has 1 unspecified atom stereocenters. The van der Waals surface area contributed by atoms with Gasteiger partial charge in [-0.2, -0.15) is 0 Å². The van der Waals surface area contributed by atoms with Crippen molar-refractivity contribution in [2.75, 3.05) is 11.9 Å². The van der Waals surface area contributed by atoms with Crippen molar-refractivity contribution in [2.45, 2.75) is 45.1 Å². The Hall–Kier alpha value is -2.30. The molecule has 1 aliphatic carbocycles. The summed E-state index contributed by atoms with van der Waals surface area (Å²) in [7, 11) is 0. The molecule has 5 nitrogen and oxygen atoms in total. The molecule has 0 aromatic heterocycles. The average molecular weight is 315 g/mol. The van der Waals surface area contributed by atoms with Crippen molar-refractivity contribution in [3.8, 4) is 0 Å². The number of nitrogens with one attached hydrogen (secondary N) is 3. The van der Waals surface area contributed by atoms with E-state index in [-0.39, 0.29) is 11.9 Å². The van der Waals surface area contributed by atoms with Crippen molar-refractivity contribution >= 4 is 17.6 Å². The van der Waals surface area contributed by atoms with Crippen LogP contribution in [0.1, 0.15) is 39.0 Å². The number of hydrogen-bond acceptors (Lipinski definition) is 2. The number of hydrogen-bond donors (Lipinski definition) is 3. The van der Waals surface area contributed by atoms with Crippen LogP contribution in [0, 0.1) is 0 Å². The largest absolute Gasteiger partial charge is 0.354 e. The van der Waals surface area contributed by atoms with Crippen LogP contribution in [0.15, 0.2) is 42.0 Å². The minimum Gasteiger partial charge on any atom is -0.354 e. The van der Waals surface area contributed by atoms with Crippen LogP contribution in [-0.2, 0) is 4.79 Å². The first-order valence-corrected chi connectivity index (χ1v) is 8.23. The van der Waals surface area contributed by atoms with Crippen molar-refractivity contribution in [3.63, 3.8) is 0 Å². The number of carbonyl (C=O) groups is 2. The van der Waals surface area contributed by atoms with Gasteiger partial charge in [0.1, 0.15) is 6.04 Å². The predicted molar refractivity (Wildman–Crippen MR) is 92.2 cm³/mol. The molecule has 2 rings (SSSR count). The van der Waals surface area contributed by atoms with Crippen LogP contribution in [-0.4, -0.2) is 24.5 Å². The number of urea groups is 1. The van der Waals surface area contributed by atoms with Crippen molar-refractivity contribution in [1.82, 2.24) is 10.6 Å². The van der Waals surface area contributed by atoms with E-state index in [0.29, 0.717) is 12.2 Å². The zero-order valence-corrected chi connectivity index (χ0v) is 13.6. The first kappa shape index (κ1) is 17.1. The van der Waals surface area contributed by atoms with Crippen molar-refractivity contribution < 1.29 is 9.59 Å². The lowest BCUT2D eigenvalue weighted by Crippen LogP contribution is -2.46. The first-order chi connectivity index (χ1) is 11.1. The highest BCUT2D eigenvalue weighted by Gasteiger charge is 2.15. The van der Waals surface area contributed by atoms with E-state index in [1.54, 1.807) is 19.1 Å². The Kier molecular flexibility index (Phi) is 6.66. The minimum atomic E-state index is -0.570. The maximum atomic E-state index is 12.0. The number of benzene rings is 1. The molecule has 23 heavy (non-hydrogen) atoms. The lowest BCUT2D eigenvalue weighted by Gasteiger charge is -2.16. The Morgan fingerprint density at radius 1 is 1.17 bits per heavy atom. The molecule has 1 aromatic carbocycles.